The molecule has 0 spiro atoms. The number of benzene rings is 1. The van der Waals surface area contributed by atoms with E-state index in [4.69, 9.17) is 4.74 Å². The number of hydrogen-bond acceptors (Lipinski definition) is 2. The van der Waals surface area contributed by atoms with Crippen molar-refractivity contribution in [3.63, 3.8) is 0 Å². The molecule has 0 saturated carbocycles. The molecule has 2 heteroatoms. The highest BCUT2D eigenvalue weighted by molar-refractivity contribution is 5.72. The Balaban J connectivity index is 2.27. The number of rotatable bonds is 7. The van der Waals surface area contributed by atoms with Crippen LogP contribution in [0, 0.1) is 5.92 Å². The zero-order valence-corrected chi connectivity index (χ0v) is 12.6. The number of ether oxygens (including phenoxy) is 1. The van der Waals surface area contributed by atoms with Crippen molar-refractivity contribution >= 4 is 5.97 Å². The van der Waals surface area contributed by atoms with Crippen LogP contribution in [0.2, 0.25) is 0 Å². The van der Waals surface area contributed by atoms with Crippen molar-refractivity contribution in [3.8, 4) is 0 Å². The molecule has 0 heterocycles. The second-order valence-corrected chi connectivity index (χ2v) is 5.27. The summed E-state index contributed by atoms with van der Waals surface area (Å²) in [5.74, 6) is 0.393. The van der Waals surface area contributed by atoms with E-state index >= 15 is 0 Å². The highest BCUT2D eigenvalue weighted by atomic mass is 16.5. The Hall–Kier alpha value is -1.83. The maximum absolute atomic E-state index is 11.6. The molecule has 0 unspecified atom stereocenters. The molecule has 2 nitrogen and oxygen atoms in total. The molecule has 0 saturated heterocycles. The van der Waals surface area contributed by atoms with E-state index in [1.165, 1.54) is 5.57 Å². The van der Waals surface area contributed by atoms with Gasteiger partial charge in [-0.15, -0.1) is 0 Å². The monoisotopic (exact) mass is 272 g/mol. The fourth-order valence-electron chi connectivity index (χ4n) is 1.70. The van der Waals surface area contributed by atoms with Crippen LogP contribution >= 0.6 is 0 Å². The zero-order valence-electron chi connectivity index (χ0n) is 12.6. The second kappa shape index (κ2) is 9.13. The Morgan fingerprint density at radius 1 is 1.25 bits per heavy atom. The molecule has 1 rings (SSSR count). The predicted octanol–water partition coefficient (Wildman–Crippen LogP) is 4.32. The lowest BCUT2D eigenvalue weighted by Crippen LogP contribution is -2.08. The third-order valence-corrected chi connectivity index (χ3v) is 2.83. The first kappa shape index (κ1) is 16.2. The summed E-state index contributed by atoms with van der Waals surface area (Å²) >= 11 is 0. The Morgan fingerprint density at radius 2 is 1.95 bits per heavy atom. The van der Waals surface area contributed by atoms with Crippen molar-refractivity contribution in [2.45, 2.75) is 33.6 Å². The summed E-state index contributed by atoms with van der Waals surface area (Å²) in [5, 5.41) is 0. The molecule has 1 aromatic rings. The summed E-state index contributed by atoms with van der Waals surface area (Å²) in [6.07, 6.45) is 7.55. The van der Waals surface area contributed by atoms with Crippen LogP contribution < -0.4 is 0 Å². The van der Waals surface area contributed by atoms with E-state index < -0.39 is 0 Å². The predicted molar refractivity (Wildman–Crippen MR) is 83.5 cm³/mol. The van der Waals surface area contributed by atoms with Crippen molar-refractivity contribution in [1.29, 1.82) is 0 Å². The third kappa shape index (κ3) is 7.57. The molecule has 0 radical (unpaired) electrons. The lowest BCUT2D eigenvalue weighted by Gasteiger charge is -2.03. The van der Waals surface area contributed by atoms with E-state index in [9.17, 15) is 4.79 Å². The number of hydrogen-bond donors (Lipinski definition) is 0. The van der Waals surface area contributed by atoms with Crippen LogP contribution in [0.25, 0.3) is 0 Å². The Morgan fingerprint density at radius 3 is 2.60 bits per heavy atom. The van der Waals surface area contributed by atoms with Gasteiger partial charge in [0.05, 0.1) is 6.42 Å². The molecule has 0 aliphatic carbocycles. The van der Waals surface area contributed by atoms with Crippen molar-refractivity contribution in [3.05, 3.63) is 59.7 Å². The molecule has 20 heavy (non-hydrogen) atoms. The largest absolute Gasteiger partial charge is 0.461 e. The average molecular weight is 272 g/mol. The summed E-state index contributed by atoms with van der Waals surface area (Å²) < 4.78 is 5.20. The van der Waals surface area contributed by atoms with E-state index in [-0.39, 0.29) is 5.97 Å². The quantitative estimate of drug-likeness (QED) is 0.546. The van der Waals surface area contributed by atoms with Gasteiger partial charge < -0.3 is 4.74 Å². The standard InChI is InChI=1S/C18H24O2/c1-15(2)8-7-9-16(3)12-13-20-18(19)14-17-10-5-4-6-11-17/h4-8,10-12,15H,9,13-14H2,1-3H3/b8-7+,16-12+. The highest BCUT2D eigenvalue weighted by Crippen LogP contribution is 2.04. The smallest absolute Gasteiger partial charge is 0.310 e. The summed E-state index contributed by atoms with van der Waals surface area (Å²) in [7, 11) is 0. The van der Waals surface area contributed by atoms with Gasteiger partial charge in [-0.1, -0.05) is 61.9 Å². The Labute approximate surface area is 122 Å². The molecule has 1 aromatic carbocycles. The Kier molecular flexibility index (Phi) is 7.41. The fourth-order valence-corrected chi connectivity index (χ4v) is 1.70. The van der Waals surface area contributed by atoms with Crippen LogP contribution in [0.15, 0.2) is 54.1 Å². The van der Waals surface area contributed by atoms with Crippen LogP contribution in [-0.4, -0.2) is 12.6 Å². The van der Waals surface area contributed by atoms with E-state index in [0.29, 0.717) is 18.9 Å². The molecule has 0 aromatic heterocycles. The van der Waals surface area contributed by atoms with Gasteiger partial charge in [-0.25, -0.2) is 0 Å². The summed E-state index contributed by atoms with van der Waals surface area (Å²) in [4.78, 5) is 11.6. The van der Waals surface area contributed by atoms with Gasteiger partial charge in [-0.3, -0.25) is 4.79 Å². The number of esters is 1. The SMILES string of the molecule is C/C(=C\COC(=O)Cc1ccccc1)C/C=C/C(C)C. The topological polar surface area (TPSA) is 26.3 Å². The van der Waals surface area contributed by atoms with Crippen LogP contribution in [0.1, 0.15) is 32.8 Å². The molecule has 0 aliphatic rings. The van der Waals surface area contributed by atoms with Crippen molar-refractivity contribution in [2.24, 2.45) is 5.92 Å². The normalized spacial score (nSPS) is 12.1. The minimum atomic E-state index is -0.182. The molecule has 108 valence electrons. The average Bonchev–Trinajstić information content (AvgIpc) is 2.39. The molecular weight excluding hydrogens is 248 g/mol. The first-order valence-corrected chi connectivity index (χ1v) is 7.09. The van der Waals surface area contributed by atoms with E-state index in [0.717, 1.165) is 12.0 Å². The maximum atomic E-state index is 11.6. The molecule has 0 aliphatic heterocycles. The summed E-state index contributed by atoms with van der Waals surface area (Å²) in [5.41, 5.74) is 2.20. The minimum absolute atomic E-state index is 0.182. The summed E-state index contributed by atoms with van der Waals surface area (Å²) in [6, 6.07) is 9.64. The maximum Gasteiger partial charge on any atom is 0.310 e. The number of allylic oxidation sites excluding steroid dienone is 3. The van der Waals surface area contributed by atoms with Gasteiger partial charge in [0.2, 0.25) is 0 Å². The minimum Gasteiger partial charge on any atom is -0.461 e. The first-order valence-electron chi connectivity index (χ1n) is 7.09. The van der Waals surface area contributed by atoms with Gasteiger partial charge in [0.25, 0.3) is 0 Å². The number of carbonyl (C=O) groups is 1. The number of carbonyl (C=O) groups excluding carboxylic acids is 1. The van der Waals surface area contributed by atoms with Gasteiger partial charge in [-0.05, 0) is 30.9 Å². The Bertz CT molecular complexity index is 456. The van der Waals surface area contributed by atoms with Gasteiger partial charge >= 0.3 is 5.97 Å². The molecule has 0 atom stereocenters. The lowest BCUT2D eigenvalue weighted by atomic mass is 10.1. The van der Waals surface area contributed by atoms with E-state index in [1.807, 2.05) is 36.4 Å². The molecule has 0 N–H and O–H groups in total. The van der Waals surface area contributed by atoms with Crippen molar-refractivity contribution in [2.75, 3.05) is 6.61 Å². The van der Waals surface area contributed by atoms with Gasteiger partial charge in [0.15, 0.2) is 0 Å². The fraction of sp³-hybridized carbons (Fsp3) is 0.389. The van der Waals surface area contributed by atoms with Gasteiger partial charge in [0, 0.05) is 0 Å². The molecule has 0 bridgehead atoms. The molecule has 0 fully saturated rings. The van der Waals surface area contributed by atoms with Crippen LogP contribution in [0.3, 0.4) is 0 Å². The molecule has 0 amide bonds. The van der Waals surface area contributed by atoms with E-state index in [1.54, 1.807) is 0 Å². The highest BCUT2D eigenvalue weighted by Gasteiger charge is 2.02. The molecular formula is C18H24O2. The van der Waals surface area contributed by atoms with Gasteiger partial charge in [0.1, 0.15) is 6.61 Å². The van der Waals surface area contributed by atoms with Crippen LogP contribution in [0.5, 0.6) is 0 Å². The third-order valence-electron chi connectivity index (χ3n) is 2.83. The van der Waals surface area contributed by atoms with Crippen LogP contribution in [-0.2, 0) is 16.0 Å². The lowest BCUT2D eigenvalue weighted by molar-refractivity contribution is -0.141. The van der Waals surface area contributed by atoms with Crippen LogP contribution in [0.4, 0.5) is 0 Å². The van der Waals surface area contributed by atoms with Crippen molar-refractivity contribution in [1.82, 2.24) is 0 Å². The van der Waals surface area contributed by atoms with Gasteiger partial charge in [-0.2, -0.15) is 0 Å². The van der Waals surface area contributed by atoms with Crippen molar-refractivity contribution < 1.29 is 9.53 Å². The zero-order chi connectivity index (χ0) is 14.8. The summed E-state index contributed by atoms with van der Waals surface area (Å²) in [6.45, 7) is 6.71. The first-order chi connectivity index (χ1) is 9.58. The van der Waals surface area contributed by atoms with E-state index in [2.05, 4.69) is 32.9 Å². The second-order valence-electron chi connectivity index (χ2n) is 5.27.